The third-order valence-electron chi connectivity index (χ3n) is 5.46. The van der Waals surface area contributed by atoms with Crippen LogP contribution in [-0.2, 0) is 11.2 Å². The van der Waals surface area contributed by atoms with Crippen LogP contribution in [0.3, 0.4) is 0 Å². The van der Waals surface area contributed by atoms with Gasteiger partial charge >= 0.3 is 0 Å². The largest absolute Gasteiger partial charge is 0.483 e. The van der Waals surface area contributed by atoms with E-state index < -0.39 is 5.92 Å². The lowest BCUT2D eigenvalue weighted by Crippen LogP contribution is -2.42. The molecule has 2 heterocycles. The summed E-state index contributed by atoms with van der Waals surface area (Å²) in [5.41, 5.74) is 1.81. The van der Waals surface area contributed by atoms with Crippen LogP contribution in [0.25, 0.3) is 0 Å². The van der Waals surface area contributed by atoms with Gasteiger partial charge in [0.1, 0.15) is 0 Å². The summed E-state index contributed by atoms with van der Waals surface area (Å²) < 4.78 is 26.6. The molecule has 2 saturated heterocycles. The van der Waals surface area contributed by atoms with Gasteiger partial charge in [-0.1, -0.05) is 12.1 Å². The number of carboxylic acid groups (broad SMARTS) is 1. The van der Waals surface area contributed by atoms with Crippen LogP contribution in [0.1, 0.15) is 35.2 Å². The fourth-order valence-electron chi connectivity index (χ4n) is 3.89. The molecule has 5 nitrogen and oxygen atoms in total. The van der Waals surface area contributed by atoms with Crippen LogP contribution in [-0.4, -0.2) is 77.9 Å². The molecule has 0 saturated carbocycles. The van der Waals surface area contributed by atoms with Crippen LogP contribution in [0.5, 0.6) is 0 Å². The first-order valence-electron chi connectivity index (χ1n) is 9.93. The zero-order valence-electron chi connectivity index (χ0n) is 16.9. The van der Waals surface area contributed by atoms with Crippen molar-refractivity contribution in [3.05, 3.63) is 35.4 Å². The van der Waals surface area contributed by atoms with Gasteiger partial charge in [0.2, 0.25) is 0 Å². The van der Waals surface area contributed by atoms with Crippen LogP contribution in [0, 0.1) is 5.92 Å². The monoisotopic (exact) mass is 428 g/mol. The van der Waals surface area contributed by atoms with Gasteiger partial charge in [-0.3, -0.25) is 9.59 Å². The highest BCUT2D eigenvalue weighted by molar-refractivity contribution is 7.98. The Balaban J connectivity index is 0.000000941. The fraction of sp³-hybridized carbons (Fsp3) is 0.619. The van der Waals surface area contributed by atoms with Gasteiger partial charge in [0.25, 0.3) is 18.3 Å². The van der Waals surface area contributed by atoms with Gasteiger partial charge in [0, 0.05) is 50.3 Å². The number of hydrogen-bond donors (Lipinski definition) is 1. The summed E-state index contributed by atoms with van der Waals surface area (Å²) in [5, 5.41) is 6.89. The Labute approximate surface area is 175 Å². The van der Waals surface area contributed by atoms with Crippen molar-refractivity contribution in [3.8, 4) is 0 Å². The lowest BCUT2D eigenvalue weighted by molar-refractivity contribution is -0.122. The van der Waals surface area contributed by atoms with E-state index in [1.807, 2.05) is 23.9 Å². The number of amides is 1. The maximum absolute atomic E-state index is 13.3. The minimum atomic E-state index is -2.62. The number of carbonyl (C=O) groups is 2. The molecular weight excluding hydrogens is 398 g/mol. The quantitative estimate of drug-likeness (QED) is 0.703. The van der Waals surface area contributed by atoms with E-state index in [0.717, 1.165) is 26.1 Å². The molecule has 1 atom stereocenters. The SMILES string of the molecule is CSCCN1CCC(Cc2cccc(C(=O)N3CCC(F)(F)CC3)c2)C1.O=CO. The lowest BCUT2D eigenvalue weighted by Gasteiger charge is -2.31. The van der Waals surface area contributed by atoms with E-state index in [1.165, 1.54) is 17.7 Å². The zero-order chi connectivity index (χ0) is 21.3. The molecule has 0 aromatic heterocycles. The van der Waals surface area contributed by atoms with Gasteiger partial charge in [0.05, 0.1) is 0 Å². The second-order valence-electron chi connectivity index (χ2n) is 7.61. The number of carbonyl (C=O) groups excluding carboxylic acids is 1. The Morgan fingerprint density at radius 1 is 1.31 bits per heavy atom. The molecule has 1 N–H and O–H groups in total. The maximum Gasteiger partial charge on any atom is 0.290 e. The number of thioether (sulfide) groups is 1. The van der Waals surface area contributed by atoms with Gasteiger partial charge in [0.15, 0.2) is 0 Å². The van der Waals surface area contributed by atoms with E-state index in [-0.39, 0.29) is 38.3 Å². The number of alkyl halides is 2. The van der Waals surface area contributed by atoms with Gasteiger partial charge < -0.3 is 14.9 Å². The molecule has 1 unspecified atom stereocenters. The highest BCUT2D eigenvalue weighted by Crippen LogP contribution is 2.28. The predicted octanol–water partition coefficient (Wildman–Crippen LogP) is 3.49. The van der Waals surface area contributed by atoms with E-state index in [2.05, 4.69) is 17.2 Å². The Morgan fingerprint density at radius 2 is 2.00 bits per heavy atom. The number of nitrogens with zero attached hydrogens (tertiary/aromatic N) is 2. The number of rotatable bonds is 6. The molecule has 0 spiro atoms. The van der Waals surface area contributed by atoms with Crippen molar-refractivity contribution in [3.63, 3.8) is 0 Å². The minimum Gasteiger partial charge on any atom is -0.483 e. The summed E-state index contributed by atoms with van der Waals surface area (Å²) in [6.07, 6.45) is 3.86. The second kappa shape index (κ2) is 11.5. The molecule has 1 amide bonds. The standard InChI is InChI=1S/C20H28F2N2OS.CH2O2/c1-26-12-11-23-8-5-17(15-23)13-16-3-2-4-18(14-16)19(25)24-9-6-20(21,22)7-10-24;2-1-3/h2-4,14,17H,5-13,15H2,1H3;1H,(H,2,3). The van der Waals surface area contributed by atoms with Gasteiger partial charge in [-0.25, -0.2) is 8.78 Å². The molecule has 3 rings (SSSR count). The molecule has 1 aromatic rings. The molecule has 29 heavy (non-hydrogen) atoms. The van der Waals surface area contributed by atoms with Gasteiger partial charge in [-0.15, -0.1) is 0 Å². The number of benzene rings is 1. The van der Waals surface area contributed by atoms with Crippen molar-refractivity contribution < 1.29 is 23.5 Å². The molecule has 0 aliphatic carbocycles. The highest BCUT2D eigenvalue weighted by atomic mass is 32.2. The molecule has 2 aliphatic rings. The molecule has 1 aromatic carbocycles. The summed E-state index contributed by atoms with van der Waals surface area (Å²) >= 11 is 1.88. The van der Waals surface area contributed by atoms with Crippen molar-refractivity contribution in [1.29, 1.82) is 0 Å². The van der Waals surface area contributed by atoms with E-state index in [9.17, 15) is 13.6 Å². The third kappa shape index (κ3) is 7.59. The molecular formula is C21H30F2N2O3S. The average Bonchev–Trinajstić information content (AvgIpc) is 3.14. The van der Waals surface area contributed by atoms with E-state index in [4.69, 9.17) is 9.90 Å². The lowest BCUT2D eigenvalue weighted by atomic mass is 9.97. The number of halogens is 2. The van der Waals surface area contributed by atoms with Crippen molar-refractivity contribution in [2.75, 3.05) is 44.7 Å². The van der Waals surface area contributed by atoms with Crippen molar-refractivity contribution in [1.82, 2.24) is 9.80 Å². The van der Waals surface area contributed by atoms with Crippen molar-refractivity contribution in [2.24, 2.45) is 5.92 Å². The number of likely N-dealkylation sites (tertiary alicyclic amines) is 2. The first-order valence-corrected chi connectivity index (χ1v) is 11.3. The van der Waals surface area contributed by atoms with Crippen LogP contribution in [0.2, 0.25) is 0 Å². The highest BCUT2D eigenvalue weighted by Gasteiger charge is 2.35. The second-order valence-corrected chi connectivity index (χ2v) is 8.59. The number of piperidine rings is 1. The molecule has 162 valence electrons. The van der Waals surface area contributed by atoms with Crippen molar-refractivity contribution >= 4 is 24.1 Å². The summed E-state index contributed by atoms with van der Waals surface area (Å²) in [6.45, 7) is 3.47. The zero-order valence-corrected chi connectivity index (χ0v) is 17.7. The van der Waals surface area contributed by atoms with E-state index in [0.29, 0.717) is 11.5 Å². The average molecular weight is 429 g/mol. The van der Waals surface area contributed by atoms with E-state index in [1.54, 1.807) is 11.0 Å². The normalized spacial score (nSPS) is 21.3. The smallest absolute Gasteiger partial charge is 0.290 e. The first kappa shape index (κ1) is 23.6. The molecule has 0 radical (unpaired) electrons. The Kier molecular flexibility index (Phi) is 9.36. The summed E-state index contributed by atoms with van der Waals surface area (Å²) in [5.74, 6) is -0.930. The maximum atomic E-state index is 13.3. The summed E-state index contributed by atoms with van der Waals surface area (Å²) in [4.78, 5) is 25.1. The predicted molar refractivity (Wildman–Crippen MR) is 112 cm³/mol. The minimum absolute atomic E-state index is 0.115. The van der Waals surface area contributed by atoms with Crippen molar-refractivity contribution in [2.45, 2.75) is 31.6 Å². The van der Waals surface area contributed by atoms with Crippen LogP contribution >= 0.6 is 11.8 Å². The Bertz CT molecular complexity index is 665. The molecule has 0 bridgehead atoms. The van der Waals surface area contributed by atoms with Crippen LogP contribution in [0.4, 0.5) is 8.78 Å². The topological polar surface area (TPSA) is 60.9 Å². The van der Waals surface area contributed by atoms with Gasteiger partial charge in [-0.05, 0) is 49.3 Å². The van der Waals surface area contributed by atoms with Crippen LogP contribution in [0.15, 0.2) is 24.3 Å². The summed E-state index contributed by atoms with van der Waals surface area (Å²) in [7, 11) is 0. The Morgan fingerprint density at radius 3 is 2.66 bits per heavy atom. The first-order chi connectivity index (χ1) is 13.9. The fourth-order valence-corrected chi connectivity index (χ4v) is 4.33. The number of hydrogen-bond acceptors (Lipinski definition) is 4. The van der Waals surface area contributed by atoms with Gasteiger partial charge in [-0.2, -0.15) is 11.8 Å². The molecule has 2 fully saturated rings. The third-order valence-corrected chi connectivity index (χ3v) is 6.05. The molecule has 8 heteroatoms. The van der Waals surface area contributed by atoms with E-state index >= 15 is 0 Å². The summed E-state index contributed by atoms with van der Waals surface area (Å²) in [6, 6.07) is 7.75. The molecule has 2 aliphatic heterocycles. The Hall–Kier alpha value is -1.67. The van der Waals surface area contributed by atoms with Crippen LogP contribution < -0.4 is 0 Å².